The molecule has 0 amide bonds. The molecule has 2 aromatic heterocycles. The number of dihydropyridines is 1. The normalized spacial score (nSPS) is 17.6. The second-order valence-corrected chi connectivity index (χ2v) is 8.16. The van der Waals surface area contributed by atoms with Crippen LogP contribution in [0.1, 0.15) is 24.8 Å². The molecular formula is C21H20FN5OS. The van der Waals surface area contributed by atoms with E-state index in [1.807, 2.05) is 6.21 Å². The van der Waals surface area contributed by atoms with Crippen molar-refractivity contribution in [2.45, 2.75) is 25.4 Å². The van der Waals surface area contributed by atoms with Crippen molar-refractivity contribution in [3.8, 4) is 5.19 Å². The molecule has 0 atom stereocenters. The van der Waals surface area contributed by atoms with Crippen LogP contribution in [-0.2, 0) is 0 Å². The summed E-state index contributed by atoms with van der Waals surface area (Å²) < 4.78 is 20.3. The molecule has 5 rings (SSSR count). The molecule has 0 unspecified atom stereocenters. The Labute approximate surface area is 171 Å². The molecule has 0 radical (unpaired) electrons. The van der Waals surface area contributed by atoms with E-state index in [0.29, 0.717) is 11.1 Å². The molecule has 148 valence electrons. The first-order chi connectivity index (χ1) is 14.2. The number of anilines is 1. The number of hydrogen-bond donors (Lipinski definition) is 0. The summed E-state index contributed by atoms with van der Waals surface area (Å²) in [4.78, 5) is 19.1. The molecule has 4 heterocycles. The summed E-state index contributed by atoms with van der Waals surface area (Å²) in [6, 6.07) is 6.38. The van der Waals surface area contributed by atoms with E-state index in [1.54, 1.807) is 11.3 Å². The highest BCUT2D eigenvalue weighted by atomic mass is 32.1. The highest BCUT2D eigenvalue weighted by molar-refractivity contribution is 7.20. The highest BCUT2D eigenvalue weighted by Crippen LogP contribution is 2.33. The van der Waals surface area contributed by atoms with Crippen molar-refractivity contribution >= 4 is 39.3 Å². The Morgan fingerprint density at radius 3 is 2.72 bits per heavy atom. The minimum atomic E-state index is -0.418. The first-order valence-electron chi connectivity index (χ1n) is 9.74. The van der Waals surface area contributed by atoms with Gasteiger partial charge in [0.2, 0.25) is 5.95 Å². The summed E-state index contributed by atoms with van der Waals surface area (Å²) in [5, 5.41) is 0.716. The Bertz CT molecular complexity index is 1070. The van der Waals surface area contributed by atoms with Crippen LogP contribution in [0.3, 0.4) is 0 Å². The predicted octanol–water partition coefficient (Wildman–Crippen LogP) is 4.13. The van der Waals surface area contributed by atoms with Gasteiger partial charge in [0.05, 0.1) is 22.6 Å². The Hall–Kier alpha value is -2.87. The van der Waals surface area contributed by atoms with Gasteiger partial charge >= 0.3 is 0 Å². The topological polar surface area (TPSA) is 63.5 Å². The Kier molecular flexibility index (Phi) is 4.93. The molecule has 1 aromatic carbocycles. The van der Waals surface area contributed by atoms with Gasteiger partial charge in [-0.3, -0.25) is 4.99 Å². The lowest BCUT2D eigenvalue weighted by atomic mass is 10.0. The number of aliphatic imine (C=N–C) groups is 1. The molecule has 0 bridgehead atoms. The molecule has 0 N–H and O–H groups in total. The molecule has 2 aliphatic rings. The Balaban J connectivity index is 1.24. The van der Waals surface area contributed by atoms with Gasteiger partial charge in [-0.15, -0.1) is 0 Å². The number of ether oxygens (including phenoxy) is 1. The van der Waals surface area contributed by atoms with Crippen molar-refractivity contribution in [3.63, 3.8) is 0 Å². The number of thiazole rings is 1. The molecular weight excluding hydrogens is 389 g/mol. The maximum Gasteiger partial charge on any atom is 0.274 e. The molecule has 1 saturated heterocycles. The average molecular weight is 409 g/mol. The molecule has 1 fully saturated rings. The fraction of sp³-hybridized carbons (Fsp3) is 0.333. The van der Waals surface area contributed by atoms with E-state index in [0.717, 1.165) is 49.1 Å². The van der Waals surface area contributed by atoms with E-state index >= 15 is 0 Å². The lowest BCUT2D eigenvalue weighted by Crippen LogP contribution is -2.39. The third kappa shape index (κ3) is 3.98. The van der Waals surface area contributed by atoms with Crippen molar-refractivity contribution in [3.05, 3.63) is 48.0 Å². The maximum atomic E-state index is 13.0. The molecule has 3 aromatic rings. The fourth-order valence-electron chi connectivity index (χ4n) is 3.66. The summed E-state index contributed by atoms with van der Waals surface area (Å²) in [5.41, 5.74) is 3.51. The molecule has 29 heavy (non-hydrogen) atoms. The van der Waals surface area contributed by atoms with Gasteiger partial charge in [-0.2, -0.15) is 0 Å². The van der Waals surface area contributed by atoms with Crippen LogP contribution in [0.4, 0.5) is 10.3 Å². The zero-order chi connectivity index (χ0) is 19.6. The minimum absolute atomic E-state index is 0.115. The van der Waals surface area contributed by atoms with Gasteiger partial charge in [0, 0.05) is 38.7 Å². The average Bonchev–Trinajstić information content (AvgIpc) is 3.17. The van der Waals surface area contributed by atoms with Gasteiger partial charge in [-0.25, -0.2) is 19.3 Å². The standard InChI is InChI=1S/C21H20FN5OS/c22-16-12-24-20(25-13-16)27-9-5-17(6-10-27)28-21-26-18-2-1-15(11-19(18)29-21)14-3-7-23-8-4-14/h1-3,7,11-13,17H,4-6,8-10H2. The Morgan fingerprint density at radius 2 is 1.97 bits per heavy atom. The number of nitrogens with zero attached hydrogens (tertiary/aromatic N) is 5. The van der Waals surface area contributed by atoms with Crippen LogP contribution in [0, 0.1) is 5.82 Å². The van der Waals surface area contributed by atoms with Crippen LogP contribution in [0.15, 0.2) is 41.7 Å². The summed E-state index contributed by atoms with van der Waals surface area (Å²) in [6.07, 6.45) is 9.18. The van der Waals surface area contributed by atoms with Crippen LogP contribution in [-0.4, -0.2) is 46.9 Å². The number of halogens is 1. The van der Waals surface area contributed by atoms with Gasteiger partial charge in [0.1, 0.15) is 6.10 Å². The van der Waals surface area contributed by atoms with E-state index in [1.165, 1.54) is 23.5 Å². The summed E-state index contributed by atoms with van der Waals surface area (Å²) in [6.45, 7) is 2.41. The van der Waals surface area contributed by atoms with Crippen molar-refractivity contribution in [2.75, 3.05) is 24.5 Å². The highest BCUT2D eigenvalue weighted by Gasteiger charge is 2.23. The first-order valence-corrected chi connectivity index (χ1v) is 10.6. The van der Waals surface area contributed by atoms with Crippen LogP contribution < -0.4 is 9.64 Å². The predicted molar refractivity (Wildman–Crippen MR) is 113 cm³/mol. The number of allylic oxidation sites excluding steroid dienone is 1. The molecule has 2 aliphatic heterocycles. The van der Waals surface area contributed by atoms with E-state index in [2.05, 4.69) is 49.1 Å². The van der Waals surface area contributed by atoms with Crippen LogP contribution in [0.5, 0.6) is 5.19 Å². The second-order valence-electron chi connectivity index (χ2n) is 7.16. The number of piperidine rings is 1. The Morgan fingerprint density at radius 1 is 1.14 bits per heavy atom. The van der Waals surface area contributed by atoms with Crippen LogP contribution in [0.25, 0.3) is 15.8 Å². The quantitative estimate of drug-likeness (QED) is 0.648. The van der Waals surface area contributed by atoms with Crippen molar-refractivity contribution in [1.29, 1.82) is 0 Å². The maximum absolute atomic E-state index is 13.0. The van der Waals surface area contributed by atoms with E-state index in [-0.39, 0.29) is 6.10 Å². The van der Waals surface area contributed by atoms with Crippen molar-refractivity contribution in [1.82, 2.24) is 15.0 Å². The lowest BCUT2D eigenvalue weighted by Gasteiger charge is -2.31. The van der Waals surface area contributed by atoms with Crippen molar-refractivity contribution in [2.24, 2.45) is 4.99 Å². The molecule has 0 aliphatic carbocycles. The number of fused-ring (bicyclic) bond motifs is 1. The molecule has 6 nitrogen and oxygen atoms in total. The minimum Gasteiger partial charge on any atom is -0.467 e. The molecule has 8 heteroatoms. The van der Waals surface area contributed by atoms with E-state index < -0.39 is 5.82 Å². The molecule has 0 spiro atoms. The lowest BCUT2D eigenvalue weighted by molar-refractivity contribution is 0.170. The number of rotatable bonds is 4. The van der Waals surface area contributed by atoms with Crippen molar-refractivity contribution < 1.29 is 9.13 Å². The largest absolute Gasteiger partial charge is 0.467 e. The zero-order valence-corrected chi connectivity index (χ0v) is 16.6. The fourth-order valence-corrected chi connectivity index (χ4v) is 4.59. The number of aromatic nitrogens is 3. The zero-order valence-electron chi connectivity index (χ0n) is 15.8. The summed E-state index contributed by atoms with van der Waals surface area (Å²) in [7, 11) is 0. The van der Waals surface area contributed by atoms with Crippen LogP contribution in [0.2, 0.25) is 0 Å². The number of hydrogen-bond acceptors (Lipinski definition) is 7. The molecule has 0 saturated carbocycles. The van der Waals surface area contributed by atoms with Gasteiger partial charge in [-0.1, -0.05) is 17.4 Å². The number of benzene rings is 1. The summed E-state index contributed by atoms with van der Waals surface area (Å²) in [5.74, 6) is 0.151. The monoisotopic (exact) mass is 409 g/mol. The third-order valence-corrected chi connectivity index (χ3v) is 6.14. The van der Waals surface area contributed by atoms with E-state index in [9.17, 15) is 4.39 Å². The third-order valence-electron chi connectivity index (χ3n) is 5.23. The SMILES string of the molecule is Fc1cnc(N2CCC(Oc3nc4ccc(C5=CC=NCC5)cc4s3)CC2)nc1. The van der Waals surface area contributed by atoms with Gasteiger partial charge in [-0.05, 0) is 35.8 Å². The van der Waals surface area contributed by atoms with E-state index in [4.69, 9.17) is 4.74 Å². The van der Waals surface area contributed by atoms with Gasteiger partial charge in [0.25, 0.3) is 5.19 Å². The second kappa shape index (κ2) is 7.87. The smallest absolute Gasteiger partial charge is 0.274 e. The first kappa shape index (κ1) is 18.2. The van der Waals surface area contributed by atoms with Gasteiger partial charge < -0.3 is 9.64 Å². The van der Waals surface area contributed by atoms with Gasteiger partial charge in [0.15, 0.2) is 5.82 Å². The summed E-state index contributed by atoms with van der Waals surface area (Å²) >= 11 is 1.59. The van der Waals surface area contributed by atoms with Crippen LogP contribution >= 0.6 is 11.3 Å².